The lowest BCUT2D eigenvalue weighted by atomic mass is 10.1. The third-order valence-electron chi connectivity index (χ3n) is 7.17. The molecule has 0 aliphatic rings. The maximum absolute atomic E-state index is 11.7. The molecule has 1 rings (SSSR count). The van der Waals surface area contributed by atoms with E-state index in [0.717, 1.165) is 31.2 Å². The average molecular weight is 563 g/mol. The van der Waals surface area contributed by atoms with Gasteiger partial charge in [-0.3, -0.25) is 9.59 Å². The van der Waals surface area contributed by atoms with Crippen LogP contribution in [0.15, 0.2) is 18.2 Å². The normalized spacial score (nSPS) is 10.9. The zero-order valence-corrected chi connectivity index (χ0v) is 25.7. The van der Waals surface area contributed by atoms with E-state index in [1.54, 1.807) is 0 Å². The summed E-state index contributed by atoms with van der Waals surface area (Å²) in [6.45, 7) is 5.77. The molecule has 0 bridgehead atoms. The highest BCUT2D eigenvalue weighted by atomic mass is 16.5. The van der Waals surface area contributed by atoms with E-state index < -0.39 is 18.4 Å². The molecule has 6 heteroatoms. The molecule has 1 N–H and O–H groups in total. The number of aliphatic carboxylic acids is 1. The molecule has 0 amide bonds. The summed E-state index contributed by atoms with van der Waals surface area (Å²) in [5.74, 6) is -0.558. The number of carboxylic acids is 1. The van der Waals surface area contributed by atoms with Crippen LogP contribution in [0, 0.1) is 0 Å². The fourth-order valence-electron chi connectivity index (χ4n) is 4.78. The van der Waals surface area contributed by atoms with Gasteiger partial charge in [0.1, 0.15) is 24.5 Å². The van der Waals surface area contributed by atoms with E-state index in [4.69, 9.17) is 19.3 Å². The number of unbranched alkanes of at least 4 members (excludes halogenated alkanes) is 18. The lowest BCUT2D eigenvalue weighted by Crippen LogP contribution is -2.10. The van der Waals surface area contributed by atoms with Crippen molar-refractivity contribution in [1.29, 1.82) is 0 Å². The first kappa shape index (κ1) is 35.8. The van der Waals surface area contributed by atoms with Gasteiger partial charge in [0.05, 0.1) is 13.2 Å². The second-order valence-electron chi connectivity index (χ2n) is 11.1. The number of esters is 1. The maximum atomic E-state index is 11.7. The quantitative estimate of drug-likeness (QED) is 0.0622. The van der Waals surface area contributed by atoms with Crippen LogP contribution in [0.2, 0.25) is 0 Å². The van der Waals surface area contributed by atoms with Crippen LogP contribution < -0.4 is 9.47 Å². The third kappa shape index (κ3) is 21.6. The van der Waals surface area contributed by atoms with Gasteiger partial charge in [0.25, 0.3) is 0 Å². The molecule has 0 unspecified atom stereocenters. The van der Waals surface area contributed by atoms with Gasteiger partial charge in [0.15, 0.2) is 0 Å². The van der Waals surface area contributed by atoms with Gasteiger partial charge in [0.2, 0.25) is 0 Å². The molecule has 0 atom stereocenters. The monoisotopic (exact) mass is 562 g/mol. The van der Waals surface area contributed by atoms with Crippen molar-refractivity contribution in [2.75, 3.05) is 13.2 Å². The molecule has 1 aromatic rings. The lowest BCUT2D eigenvalue weighted by molar-refractivity contribution is -0.152. The van der Waals surface area contributed by atoms with Gasteiger partial charge in [-0.1, -0.05) is 129 Å². The highest BCUT2D eigenvalue weighted by Crippen LogP contribution is 2.25. The summed E-state index contributed by atoms with van der Waals surface area (Å²) >= 11 is 0. The number of carbonyl (C=O) groups excluding carboxylic acids is 1. The summed E-state index contributed by atoms with van der Waals surface area (Å²) in [4.78, 5) is 22.5. The van der Waals surface area contributed by atoms with Gasteiger partial charge in [-0.15, -0.1) is 0 Å². The van der Waals surface area contributed by atoms with Gasteiger partial charge in [-0.2, -0.15) is 0 Å². The second kappa shape index (κ2) is 25.7. The van der Waals surface area contributed by atoms with Crippen molar-refractivity contribution >= 4 is 11.9 Å². The first-order valence-corrected chi connectivity index (χ1v) is 16.3. The standard InChI is InChI=1S/C34H58O6/c1-3-5-7-9-11-13-15-17-19-21-23-38-31-25-30(29-40-34(37)28-33(35)36)26-32(27-31)39-24-22-20-18-16-14-12-10-8-6-4-2/h25-27H,3-24,28-29H2,1-2H3,(H,35,36). The van der Waals surface area contributed by atoms with Crippen molar-refractivity contribution in [3.05, 3.63) is 23.8 Å². The number of hydrogen-bond donors (Lipinski definition) is 1. The van der Waals surface area contributed by atoms with Crippen LogP contribution in [-0.4, -0.2) is 30.3 Å². The summed E-state index contributed by atoms with van der Waals surface area (Å²) in [5.41, 5.74) is 0.734. The largest absolute Gasteiger partial charge is 0.493 e. The summed E-state index contributed by atoms with van der Waals surface area (Å²) in [6, 6.07) is 5.59. The molecule has 0 aliphatic carbocycles. The molecular formula is C34H58O6. The predicted octanol–water partition coefficient (Wildman–Crippen LogP) is 9.80. The predicted molar refractivity (Wildman–Crippen MR) is 163 cm³/mol. The van der Waals surface area contributed by atoms with Crippen LogP contribution >= 0.6 is 0 Å². The Labute approximate surface area is 244 Å². The van der Waals surface area contributed by atoms with Gasteiger partial charge in [-0.05, 0) is 30.5 Å². The minimum absolute atomic E-state index is 0.00378. The van der Waals surface area contributed by atoms with Crippen LogP contribution in [0.1, 0.15) is 154 Å². The Bertz CT molecular complexity index is 719. The summed E-state index contributed by atoms with van der Waals surface area (Å²) in [6.07, 6.45) is 24.9. The maximum Gasteiger partial charge on any atom is 0.317 e. The van der Waals surface area contributed by atoms with E-state index in [9.17, 15) is 9.59 Å². The fourth-order valence-corrected chi connectivity index (χ4v) is 4.78. The molecule has 0 heterocycles. The van der Waals surface area contributed by atoms with Crippen molar-refractivity contribution < 1.29 is 28.9 Å². The first-order valence-electron chi connectivity index (χ1n) is 16.3. The summed E-state index contributed by atoms with van der Waals surface area (Å²) in [5, 5.41) is 8.79. The van der Waals surface area contributed by atoms with Gasteiger partial charge in [-0.25, -0.2) is 0 Å². The zero-order chi connectivity index (χ0) is 29.1. The van der Waals surface area contributed by atoms with Crippen molar-refractivity contribution in [3.63, 3.8) is 0 Å². The number of benzene rings is 1. The molecule has 1 aromatic carbocycles. The minimum atomic E-state index is -1.20. The lowest BCUT2D eigenvalue weighted by Gasteiger charge is -2.13. The van der Waals surface area contributed by atoms with Crippen molar-refractivity contribution in [1.82, 2.24) is 0 Å². The Hall–Kier alpha value is -2.24. The SMILES string of the molecule is CCCCCCCCCCCCOc1cc(COC(=O)CC(=O)O)cc(OCCCCCCCCCCCC)c1. The second-order valence-corrected chi connectivity index (χ2v) is 11.1. The number of rotatable bonds is 28. The van der Waals surface area contributed by atoms with Crippen molar-refractivity contribution in [3.8, 4) is 11.5 Å². The molecule has 40 heavy (non-hydrogen) atoms. The Morgan fingerprint density at radius 3 is 1.32 bits per heavy atom. The topological polar surface area (TPSA) is 82.1 Å². The van der Waals surface area contributed by atoms with E-state index >= 15 is 0 Å². The Balaban J connectivity index is 2.38. The summed E-state index contributed by atoms with van der Waals surface area (Å²) < 4.78 is 17.2. The van der Waals surface area contributed by atoms with Crippen LogP contribution in [0.3, 0.4) is 0 Å². The minimum Gasteiger partial charge on any atom is -0.493 e. The number of hydrogen-bond acceptors (Lipinski definition) is 5. The zero-order valence-electron chi connectivity index (χ0n) is 25.7. The van der Waals surface area contributed by atoms with Crippen molar-refractivity contribution in [2.45, 2.75) is 155 Å². The van der Waals surface area contributed by atoms with Crippen LogP contribution in [0.4, 0.5) is 0 Å². The fraction of sp³-hybridized carbons (Fsp3) is 0.765. The highest BCUT2D eigenvalue weighted by molar-refractivity contribution is 5.90. The number of carbonyl (C=O) groups is 2. The molecule has 0 spiro atoms. The van der Waals surface area contributed by atoms with Crippen LogP contribution in [-0.2, 0) is 20.9 Å². The molecule has 230 valence electrons. The van der Waals surface area contributed by atoms with Crippen LogP contribution in [0.5, 0.6) is 11.5 Å². The van der Waals surface area contributed by atoms with E-state index in [0.29, 0.717) is 24.7 Å². The Morgan fingerprint density at radius 2 is 0.950 bits per heavy atom. The highest BCUT2D eigenvalue weighted by Gasteiger charge is 2.11. The summed E-state index contributed by atoms with van der Waals surface area (Å²) in [7, 11) is 0. The van der Waals surface area contributed by atoms with E-state index in [2.05, 4.69) is 13.8 Å². The smallest absolute Gasteiger partial charge is 0.317 e. The molecule has 0 fully saturated rings. The molecule has 0 aliphatic heterocycles. The van der Waals surface area contributed by atoms with E-state index in [1.165, 1.54) is 103 Å². The Kier molecular flexibility index (Phi) is 23.0. The van der Waals surface area contributed by atoms with Crippen molar-refractivity contribution in [2.24, 2.45) is 0 Å². The third-order valence-corrected chi connectivity index (χ3v) is 7.17. The van der Waals surface area contributed by atoms with Crippen LogP contribution in [0.25, 0.3) is 0 Å². The molecule has 0 aromatic heterocycles. The number of ether oxygens (including phenoxy) is 3. The van der Waals surface area contributed by atoms with Gasteiger partial charge < -0.3 is 19.3 Å². The molecule has 0 saturated heterocycles. The molecule has 6 nitrogen and oxygen atoms in total. The van der Waals surface area contributed by atoms with E-state index in [1.807, 2.05) is 18.2 Å². The van der Waals surface area contributed by atoms with E-state index in [-0.39, 0.29) is 6.61 Å². The molecular weight excluding hydrogens is 504 g/mol. The molecule has 0 radical (unpaired) electrons. The van der Waals surface area contributed by atoms with Gasteiger partial charge in [0, 0.05) is 6.07 Å². The average Bonchev–Trinajstić information content (AvgIpc) is 2.93. The molecule has 0 saturated carbocycles. The van der Waals surface area contributed by atoms with Gasteiger partial charge >= 0.3 is 11.9 Å². The number of carboxylic acid groups (broad SMARTS) is 1. The Morgan fingerprint density at radius 1 is 0.575 bits per heavy atom. The first-order chi connectivity index (χ1) is 19.5.